The second-order valence-electron chi connectivity index (χ2n) is 3.45. The van der Waals surface area contributed by atoms with Crippen LogP contribution in [0.5, 0.6) is 0 Å². The van der Waals surface area contributed by atoms with Crippen LogP contribution in [0, 0.1) is 17.1 Å². The number of nitrogens with zero attached hydrogens (tertiary/aromatic N) is 1. The lowest BCUT2D eigenvalue weighted by atomic mass is 10.2. The summed E-state index contributed by atoms with van der Waals surface area (Å²) in [4.78, 5) is 0. The van der Waals surface area contributed by atoms with Gasteiger partial charge in [-0.15, -0.1) is 0 Å². The number of benzene rings is 2. The molecule has 0 aromatic heterocycles. The number of hydrogen-bond donors (Lipinski definition) is 1. The Labute approximate surface area is 107 Å². The lowest BCUT2D eigenvalue weighted by Crippen LogP contribution is -1.91. The van der Waals surface area contributed by atoms with Crippen LogP contribution < -0.4 is 5.32 Å². The summed E-state index contributed by atoms with van der Waals surface area (Å²) in [5.74, 6) is -0.327. The molecule has 0 aliphatic rings. The zero-order chi connectivity index (χ0) is 12.3. The summed E-state index contributed by atoms with van der Waals surface area (Å²) in [6, 6.07) is 13.8. The van der Waals surface area contributed by atoms with Crippen molar-refractivity contribution in [1.82, 2.24) is 0 Å². The van der Waals surface area contributed by atoms with Gasteiger partial charge in [0.2, 0.25) is 0 Å². The van der Waals surface area contributed by atoms with Gasteiger partial charge < -0.3 is 5.32 Å². The zero-order valence-corrected chi connectivity index (χ0v) is 10.3. The van der Waals surface area contributed by atoms with Crippen molar-refractivity contribution < 1.29 is 4.39 Å². The molecule has 0 aliphatic heterocycles. The van der Waals surface area contributed by atoms with E-state index < -0.39 is 0 Å². The maximum Gasteiger partial charge on any atom is 0.139 e. The van der Waals surface area contributed by atoms with Crippen molar-refractivity contribution in [3.05, 3.63) is 58.3 Å². The third-order valence-electron chi connectivity index (χ3n) is 2.20. The summed E-state index contributed by atoms with van der Waals surface area (Å²) in [5, 5.41) is 11.8. The van der Waals surface area contributed by atoms with Crippen molar-refractivity contribution in [2.24, 2.45) is 0 Å². The van der Waals surface area contributed by atoms with E-state index in [1.165, 1.54) is 6.07 Å². The zero-order valence-electron chi connectivity index (χ0n) is 8.74. The molecular formula is C13H8BrFN2. The highest BCUT2D eigenvalue weighted by molar-refractivity contribution is 9.10. The van der Waals surface area contributed by atoms with Gasteiger partial charge in [0.05, 0.1) is 16.1 Å². The summed E-state index contributed by atoms with van der Waals surface area (Å²) >= 11 is 3.09. The molecule has 84 valence electrons. The first-order valence-electron chi connectivity index (χ1n) is 4.91. The SMILES string of the molecule is N#Cc1cccc(Nc2ccc(Br)c(F)c2)c1. The van der Waals surface area contributed by atoms with E-state index >= 15 is 0 Å². The molecule has 0 fully saturated rings. The van der Waals surface area contributed by atoms with Crippen LogP contribution in [0.15, 0.2) is 46.9 Å². The fraction of sp³-hybridized carbons (Fsp3) is 0. The largest absolute Gasteiger partial charge is 0.355 e. The van der Waals surface area contributed by atoms with Crippen LogP contribution in [0.25, 0.3) is 0 Å². The molecule has 0 saturated heterocycles. The lowest BCUT2D eigenvalue weighted by Gasteiger charge is -2.07. The molecule has 0 atom stereocenters. The smallest absolute Gasteiger partial charge is 0.139 e. The minimum atomic E-state index is -0.327. The monoisotopic (exact) mass is 290 g/mol. The van der Waals surface area contributed by atoms with Crippen molar-refractivity contribution in [3.63, 3.8) is 0 Å². The van der Waals surface area contributed by atoms with E-state index in [4.69, 9.17) is 5.26 Å². The number of nitrogens with one attached hydrogen (secondary N) is 1. The molecule has 0 heterocycles. The second-order valence-corrected chi connectivity index (χ2v) is 4.30. The lowest BCUT2D eigenvalue weighted by molar-refractivity contribution is 0.622. The van der Waals surface area contributed by atoms with Crippen molar-refractivity contribution in [1.29, 1.82) is 5.26 Å². The second kappa shape index (κ2) is 4.98. The highest BCUT2D eigenvalue weighted by Crippen LogP contribution is 2.22. The van der Waals surface area contributed by atoms with Gasteiger partial charge in [-0.2, -0.15) is 5.26 Å². The van der Waals surface area contributed by atoms with E-state index in [0.717, 1.165) is 5.69 Å². The molecule has 4 heteroatoms. The van der Waals surface area contributed by atoms with Crippen LogP contribution >= 0.6 is 15.9 Å². The third-order valence-corrected chi connectivity index (χ3v) is 2.84. The Hall–Kier alpha value is -1.86. The number of anilines is 2. The average Bonchev–Trinajstić information content (AvgIpc) is 2.34. The normalized spacial score (nSPS) is 9.71. The van der Waals surface area contributed by atoms with Gasteiger partial charge in [0.1, 0.15) is 5.82 Å². The summed E-state index contributed by atoms with van der Waals surface area (Å²) in [7, 11) is 0. The number of halogens is 2. The molecular weight excluding hydrogens is 283 g/mol. The van der Waals surface area contributed by atoms with Gasteiger partial charge in [-0.1, -0.05) is 6.07 Å². The third kappa shape index (κ3) is 2.83. The number of rotatable bonds is 2. The van der Waals surface area contributed by atoms with E-state index in [2.05, 4.69) is 27.3 Å². The standard InChI is InChI=1S/C13H8BrFN2/c14-12-5-4-11(7-13(12)15)17-10-3-1-2-9(6-10)8-16/h1-7,17H. The van der Waals surface area contributed by atoms with Gasteiger partial charge in [0.25, 0.3) is 0 Å². The molecule has 1 N–H and O–H groups in total. The van der Waals surface area contributed by atoms with E-state index in [0.29, 0.717) is 15.7 Å². The molecule has 0 radical (unpaired) electrons. The van der Waals surface area contributed by atoms with E-state index in [1.807, 2.05) is 6.07 Å². The van der Waals surface area contributed by atoms with Crippen LogP contribution in [0.4, 0.5) is 15.8 Å². The fourth-order valence-corrected chi connectivity index (χ4v) is 1.65. The predicted octanol–water partition coefficient (Wildman–Crippen LogP) is 4.20. The molecule has 2 nitrogen and oxygen atoms in total. The maximum atomic E-state index is 13.3. The Morgan fingerprint density at radius 2 is 1.88 bits per heavy atom. The van der Waals surface area contributed by atoms with E-state index in [-0.39, 0.29) is 5.82 Å². The van der Waals surface area contributed by atoms with Gasteiger partial charge in [-0.3, -0.25) is 0 Å². The topological polar surface area (TPSA) is 35.8 Å². The minimum Gasteiger partial charge on any atom is -0.355 e. The van der Waals surface area contributed by atoms with Crippen LogP contribution in [-0.4, -0.2) is 0 Å². The summed E-state index contributed by atoms with van der Waals surface area (Å²) in [6.45, 7) is 0. The molecule has 0 spiro atoms. The van der Waals surface area contributed by atoms with E-state index in [1.54, 1.807) is 30.3 Å². The Morgan fingerprint density at radius 1 is 1.12 bits per heavy atom. The summed E-state index contributed by atoms with van der Waals surface area (Å²) in [6.07, 6.45) is 0. The first kappa shape index (κ1) is 11.6. The maximum absolute atomic E-state index is 13.3. The highest BCUT2D eigenvalue weighted by atomic mass is 79.9. The van der Waals surface area contributed by atoms with Crippen LogP contribution in [-0.2, 0) is 0 Å². The Kier molecular flexibility index (Phi) is 3.40. The van der Waals surface area contributed by atoms with Crippen LogP contribution in [0.1, 0.15) is 5.56 Å². The molecule has 2 rings (SSSR count). The Bertz CT molecular complexity index is 590. The van der Waals surface area contributed by atoms with Crippen molar-refractivity contribution in [2.45, 2.75) is 0 Å². The molecule has 0 saturated carbocycles. The molecule has 0 aliphatic carbocycles. The molecule has 17 heavy (non-hydrogen) atoms. The highest BCUT2D eigenvalue weighted by Gasteiger charge is 2.01. The molecule has 2 aromatic carbocycles. The van der Waals surface area contributed by atoms with Crippen LogP contribution in [0.2, 0.25) is 0 Å². The van der Waals surface area contributed by atoms with Gasteiger partial charge >= 0.3 is 0 Å². The first-order valence-corrected chi connectivity index (χ1v) is 5.70. The minimum absolute atomic E-state index is 0.327. The fourth-order valence-electron chi connectivity index (χ4n) is 1.41. The van der Waals surface area contributed by atoms with E-state index in [9.17, 15) is 4.39 Å². The Morgan fingerprint density at radius 3 is 2.59 bits per heavy atom. The summed E-state index contributed by atoms with van der Waals surface area (Å²) < 4.78 is 13.7. The average molecular weight is 291 g/mol. The van der Waals surface area contributed by atoms with Gasteiger partial charge in [-0.25, -0.2) is 4.39 Å². The molecule has 2 aromatic rings. The first-order chi connectivity index (χ1) is 8.19. The molecule has 0 bridgehead atoms. The molecule has 0 unspecified atom stereocenters. The molecule has 0 amide bonds. The van der Waals surface area contributed by atoms with Gasteiger partial charge in [0.15, 0.2) is 0 Å². The van der Waals surface area contributed by atoms with Gasteiger partial charge in [-0.05, 0) is 52.3 Å². The quantitative estimate of drug-likeness (QED) is 0.900. The number of nitriles is 1. The van der Waals surface area contributed by atoms with Crippen molar-refractivity contribution in [2.75, 3.05) is 5.32 Å². The number of hydrogen-bond acceptors (Lipinski definition) is 2. The van der Waals surface area contributed by atoms with Crippen LogP contribution in [0.3, 0.4) is 0 Å². The van der Waals surface area contributed by atoms with Gasteiger partial charge in [0, 0.05) is 11.4 Å². The van der Waals surface area contributed by atoms with Crippen molar-refractivity contribution >= 4 is 27.3 Å². The predicted molar refractivity (Wildman–Crippen MR) is 68.5 cm³/mol. The van der Waals surface area contributed by atoms with Crippen molar-refractivity contribution in [3.8, 4) is 6.07 Å². The Balaban J connectivity index is 2.25. The summed E-state index contributed by atoms with van der Waals surface area (Å²) in [5.41, 5.74) is 1.96.